The lowest BCUT2D eigenvalue weighted by molar-refractivity contribution is 0.318. The molecule has 1 heteroatoms. The monoisotopic (exact) mass is 158 g/mol. The Kier molecular flexibility index (Phi) is 2.74. The van der Waals surface area contributed by atoms with Crippen molar-refractivity contribution in [2.45, 2.75) is 51.1 Å². The molecule has 1 unspecified atom stereocenters. The lowest BCUT2D eigenvalue weighted by atomic mass is 9.79. The molecule has 0 amide bonds. The topological polar surface area (TPSA) is 0 Å². The standard InChI is InChI=1S/C9H19P/c1-8(2)4-7-9(10)5-3-6-9/h8H,3-7,10H2,1-2H3. The second kappa shape index (κ2) is 3.22. The molecule has 0 saturated heterocycles. The summed E-state index contributed by atoms with van der Waals surface area (Å²) in [4.78, 5) is 0. The van der Waals surface area contributed by atoms with E-state index in [-0.39, 0.29) is 0 Å². The molecule has 1 aliphatic rings. The third kappa shape index (κ3) is 2.23. The molecule has 1 fully saturated rings. The van der Waals surface area contributed by atoms with E-state index in [1.807, 2.05) is 0 Å². The van der Waals surface area contributed by atoms with Crippen LogP contribution >= 0.6 is 9.24 Å². The molecular weight excluding hydrogens is 139 g/mol. The van der Waals surface area contributed by atoms with E-state index in [9.17, 15) is 0 Å². The van der Waals surface area contributed by atoms with E-state index in [4.69, 9.17) is 0 Å². The lowest BCUT2D eigenvalue weighted by Gasteiger charge is -2.38. The Morgan fingerprint density at radius 3 is 2.30 bits per heavy atom. The van der Waals surface area contributed by atoms with Gasteiger partial charge in [-0.1, -0.05) is 26.7 Å². The molecule has 0 aliphatic heterocycles. The van der Waals surface area contributed by atoms with Gasteiger partial charge in [0.25, 0.3) is 0 Å². The van der Waals surface area contributed by atoms with Crippen LogP contribution in [0.3, 0.4) is 0 Å². The molecule has 1 aliphatic carbocycles. The number of rotatable bonds is 3. The quantitative estimate of drug-likeness (QED) is 0.553. The van der Waals surface area contributed by atoms with Crippen molar-refractivity contribution in [3.63, 3.8) is 0 Å². The zero-order valence-electron chi connectivity index (χ0n) is 7.19. The molecular formula is C9H19P. The van der Waals surface area contributed by atoms with E-state index >= 15 is 0 Å². The van der Waals surface area contributed by atoms with E-state index in [0.717, 1.165) is 5.92 Å². The van der Waals surface area contributed by atoms with Crippen LogP contribution in [0.2, 0.25) is 0 Å². The van der Waals surface area contributed by atoms with E-state index in [0.29, 0.717) is 5.16 Å². The Balaban J connectivity index is 2.12. The highest BCUT2D eigenvalue weighted by molar-refractivity contribution is 7.19. The van der Waals surface area contributed by atoms with Crippen molar-refractivity contribution in [3.8, 4) is 0 Å². The minimum absolute atomic E-state index is 0.671. The predicted octanol–water partition coefficient (Wildman–Crippen LogP) is 3.22. The van der Waals surface area contributed by atoms with E-state index in [2.05, 4.69) is 23.1 Å². The highest BCUT2D eigenvalue weighted by Crippen LogP contribution is 2.44. The summed E-state index contributed by atoms with van der Waals surface area (Å²) in [6, 6.07) is 0. The fourth-order valence-corrected chi connectivity index (χ4v) is 2.03. The van der Waals surface area contributed by atoms with E-state index in [1.54, 1.807) is 0 Å². The summed E-state index contributed by atoms with van der Waals surface area (Å²) in [5.41, 5.74) is 0. The second-order valence-corrected chi connectivity index (χ2v) is 5.37. The molecule has 0 N–H and O–H groups in total. The first-order valence-electron chi connectivity index (χ1n) is 4.41. The summed E-state index contributed by atoms with van der Waals surface area (Å²) in [6.45, 7) is 4.62. The van der Waals surface area contributed by atoms with Crippen molar-refractivity contribution in [1.29, 1.82) is 0 Å². The van der Waals surface area contributed by atoms with Crippen molar-refractivity contribution in [2.24, 2.45) is 5.92 Å². The normalized spacial score (nSPS) is 22.8. The molecule has 1 rings (SSSR count). The number of hydrogen-bond acceptors (Lipinski definition) is 0. The lowest BCUT2D eigenvalue weighted by Crippen LogP contribution is -2.29. The summed E-state index contributed by atoms with van der Waals surface area (Å²) in [6.07, 6.45) is 7.19. The molecule has 1 saturated carbocycles. The van der Waals surface area contributed by atoms with Gasteiger partial charge in [0, 0.05) is 0 Å². The van der Waals surface area contributed by atoms with Crippen LogP contribution in [-0.4, -0.2) is 5.16 Å². The van der Waals surface area contributed by atoms with Crippen LogP contribution in [-0.2, 0) is 0 Å². The van der Waals surface area contributed by atoms with Crippen molar-refractivity contribution in [2.75, 3.05) is 0 Å². The van der Waals surface area contributed by atoms with Crippen LogP contribution < -0.4 is 0 Å². The summed E-state index contributed by atoms with van der Waals surface area (Å²) in [7, 11) is 3.04. The Morgan fingerprint density at radius 2 is 2.00 bits per heavy atom. The fraction of sp³-hybridized carbons (Fsp3) is 1.00. The van der Waals surface area contributed by atoms with Gasteiger partial charge in [-0.15, -0.1) is 9.24 Å². The van der Waals surface area contributed by atoms with Gasteiger partial charge in [-0.05, 0) is 30.3 Å². The molecule has 0 heterocycles. The molecule has 0 bridgehead atoms. The molecule has 0 aromatic heterocycles. The van der Waals surface area contributed by atoms with E-state index < -0.39 is 0 Å². The molecule has 10 heavy (non-hydrogen) atoms. The van der Waals surface area contributed by atoms with Gasteiger partial charge in [-0.2, -0.15) is 0 Å². The van der Waals surface area contributed by atoms with Crippen LogP contribution in [0.4, 0.5) is 0 Å². The van der Waals surface area contributed by atoms with Gasteiger partial charge in [0.1, 0.15) is 0 Å². The molecule has 1 atom stereocenters. The second-order valence-electron chi connectivity index (χ2n) is 4.15. The van der Waals surface area contributed by atoms with Crippen LogP contribution in [0.1, 0.15) is 46.0 Å². The molecule has 0 aromatic rings. The van der Waals surface area contributed by atoms with Crippen molar-refractivity contribution < 1.29 is 0 Å². The molecule has 60 valence electrons. The van der Waals surface area contributed by atoms with Crippen LogP contribution in [0.15, 0.2) is 0 Å². The smallest absolute Gasteiger partial charge is 0.0150 e. The largest absolute Gasteiger partial charge is 0.131 e. The first-order valence-corrected chi connectivity index (χ1v) is 4.99. The Bertz CT molecular complexity index is 103. The zero-order chi connectivity index (χ0) is 7.61. The van der Waals surface area contributed by atoms with Crippen LogP contribution in [0.25, 0.3) is 0 Å². The van der Waals surface area contributed by atoms with Crippen LogP contribution in [0, 0.1) is 5.92 Å². The van der Waals surface area contributed by atoms with Gasteiger partial charge in [0.2, 0.25) is 0 Å². The summed E-state index contributed by atoms with van der Waals surface area (Å²) < 4.78 is 0. The highest BCUT2D eigenvalue weighted by atomic mass is 31.0. The maximum Gasteiger partial charge on any atom is -0.0150 e. The summed E-state index contributed by atoms with van der Waals surface area (Å²) in [5, 5.41) is 0.671. The number of hydrogen-bond donors (Lipinski definition) is 0. The fourth-order valence-electron chi connectivity index (χ4n) is 1.46. The maximum absolute atomic E-state index is 3.04. The Hall–Kier alpha value is 0.430. The minimum Gasteiger partial charge on any atom is -0.131 e. The average Bonchev–Trinajstić information content (AvgIpc) is 1.79. The van der Waals surface area contributed by atoms with E-state index in [1.165, 1.54) is 32.1 Å². The molecule has 0 radical (unpaired) electrons. The van der Waals surface area contributed by atoms with Gasteiger partial charge < -0.3 is 0 Å². The molecule has 0 nitrogen and oxygen atoms in total. The van der Waals surface area contributed by atoms with Crippen molar-refractivity contribution >= 4 is 9.24 Å². The first-order chi connectivity index (χ1) is 4.62. The minimum atomic E-state index is 0.671. The maximum atomic E-state index is 3.04. The predicted molar refractivity (Wildman–Crippen MR) is 50.4 cm³/mol. The van der Waals surface area contributed by atoms with Crippen molar-refractivity contribution in [3.05, 3.63) is 0 Å². The average molecular weight is 158 g/mol. The molecule has 0 aromatic carbocycles. The van der Waals surface area contributed by atoms with Gasteiger partial charge in [-0.25, -0.2) is 0 Å². The van der Waals surface area contributed by atoms with Gasteiger partial charge in [0.15, 0.2) is 0 Å². The summed E-state index contributed by atoms with van der Waals surface area (Å²) >= 11 is 0. The highest BCUT2D eigenvalue weighted by Gasteiger charge is 2.31. The third-order valence-corrected chi connectivity index (χ3v) is 3.43. The molecule has 0 spiro atoms. The Labute approximate surface area is 67.0 Å². The van der Waals surface area contributed by atoms with Gasteiger partial charge in [0.05, 0.1) is 0 Å². The summed E-state index contributed by atoms with van der Waals surface area (Å²) in [5.74, 6) is 0.887. The van der Waals surface area contributed by atoms with Crippen molar-refractivity contribution in [1.82, 2.24) is 0 Å². The SMILES string of the molecule is CC(C)CCC1(P)CCC1. The zero-order valence-corrected chi connectivity index (χ0v) is 8.34. The van der Waals surface area contributed by atoms with Crippen LogP contribution in [0.5, 0.6) is 0 Å². The Morgan fingerprint density at radius 1 is 1.40 bits per heavy atom. The van der Waals surface area contributed by atoms with Gasteiger partial charge in [-0.3, -0.25) is 0 Å². The third-order valence-electron chi connectivity index (χ3n) is 2.57. The first kappa shape index (κ1) is 8.53. The van der Waals surface area contributed by atoms with Gasteiger partial charge >= 0.3 is 0 Å².